The molecule has 7 heteroatoms. The minimum atomic E-state index is -0.597. The number of rotatable bonds is 4. The lowest BCUT2D eigenvalue weighted by atomic mass is 10.1. The number of morpholine rings is 1. The Bertz CT molecular complexity index is 850. The molecule has 1 aromatic carbocycles. The zero-order valence-corrected chi connectivity index (χ0v) is 17.0. The van der Waals surface area contributed by atoms with Gasteiger partial charge in [0.05, 0.1) is 30.2 Å². The average molecular weight is 432 g/mol. The van der Waals surface area contributed by atoms with Crippen LogP contribution >= 0.6 is 15.9 Å². The fourth-order valence-corrected chi connectivity index (χ4v) is 3.40. The molecule has 1 fully saturated rings. The van der Waals surface area contributed by atoms with Gasteiger partial charge in [-0.3, -0.25) is 14.6 Å². The van der Waals surface area contributed by atoms with Crippen molar-refractivity contribution in [2.45, 2.75) is 19.9 Å². The van der Waals surface area contributed by atoms with Crippen molar-refractivity contribution in [1.29, 1.82) is 0 Å². The number of aromatic nitrogens is 1. The fraction of sp³-hybridized carbons (Fsp3) is 0.350. The Balaban J connectivity index is 1.70. The summed E-state index contributed by atoms with van der Waals surface area (Å²) in [5.41, 5.74) is 2.85. The molecule has 142 valence electrons. The predicted octanol–water partition coefficient (Wildman–Crippen LogP) is 2.80. The highest BCUT2D eigenvalue weighted by molar-refractivity contribution is 9.10. The van der Waals surface area contributed by atoms with Crippen molar-refractivity contribution in [2.24, 2.45) is 0 Å². The summed E-state index contributed by atoms with van der Waals surface area (Å²) in [5.74, 6) is -0.391. The summed E-state index contributed by atoms with van der Waals surface area (Å²) in [6.45, 7) is 5.68. The number of benzene rings is 1. The molecular weight excluding hydrogens is 410 g/mol. The lowest BCUT2D eigenvalue weighted by molar-refractivity contribution is -0.136. The van der Waals surface area contributed by atoms with Crippen molar-refractivity contribution < 1.29 is 14.3 Å². The maximum absolute atomic E-state index is 12.6. The fourth-order valence-electron chi connectivity index (χ4n) is 3.00. The van der Waals surface area contributed by atoms with Crippen LogP contribution in [0.4, 0.5) is 0 Å². The molecule has 0 spiro atoms. The second-order valence-electron chi connectivity index (χ2n) is 6.47. The topological polar surface area (TPSA) is 71.5 Å². The van der Waals surface area contributed by atoms with Gasteiger partial charge in [0.15, 0.2) is 0 Å². The first kappa shape index (κ1) is 19.5. The third-order valence-corrected chi connectivity index (χ3v) is 4.98. The Kier molecular flexibility index (Phi) is 6.23. The molecule has 1 aromatic heterocycles. The third kappa shape index (κ3) is 4.73. The molecule has 1 saturated heterocycles. The Hall–Kier alpha value is -2.25. The minimum absolute atomic E-state index is 0.0944. The summed E-state index contributed by atoms with van der Waals surface area (Å²) in [7, 11) is 0. The highest BCUT2D eigenvalue weighted by Gasteiger charge is 2.24. The largest absolute Gasteiger partial charge is 0.378 e. The number of amides is 2. The van der Waals surface area contributed by atoms with E-state index in [-0.39, 0.29) is 11.8 Å². The maximum Gasteiger partial charge on any atom is 0.253 e. The maximum atomic E-state index is 12.6. The second kappa shape index (κ2) is 8.63. The highest BCUT2D eigenvalue weighted by Crippen LogP contribution is 2.22. The third-order valence-electron chi connectivity index (χ3n) is 4.49. The quantitative estimate of drug-likeness (QED) is 0.807. The van der Waals surface area contributed by atoms with Crippen molar-refractivity contribution in [2.75, 3.05) is 26.3 Å². The number of pyridine rings is 1. The van der Waals surface area contributed by atoms with Crippen molar-refractivity contribution in [1.82, 2.24) is 15.2 Å². The standard InChI is InChI=1S/C20H22BrN3O3/c1-13-17(6-7-18(22-13)15-4-3-5-16(21)12-15)19(25)23-14(2)20(26)24-8-10-27-11-9-24/h3-7,12,14H,8-11H2,1-2H3,(H,23,25)/t14-/m0/s1. The molecular formula is C20H22BrN3O3. The van der Waals surface area contributed by atoms with Gasteiger partial charge in [-0.25, -0.2) is 0 Å². The normalized spacial score (nSPS) is 15.3. The number of carbonyl (C=O) groups is 2. The molecule has 6 nitrogen and oxygen atoms in total. The van der Waals surface area contributed by atoms with Crippen molar-refractivity contribution in [3.8, 4) is 11.3 Å². The molecule has 0 unspecified atom stereocenters. The predicted molar refractivity (Wildman–Crippen MR) is 106 cm³/mol. The van der Waals surface area contributed by atoms with E-state index in [1.54, 1.807) is 24.8 Å². The summed E-state index contributed by atoms with van der Waals surface area (Å²) >= 11 is 3.45. The molecule has 0 aliphatic carbocycles. The molecule has 2 heterocycles. The van der Waals surface area contributed by atoms with E-state index < -0.39 is 6.04 Å². The Morgan fingerprint density at radius 1 is 1.22 bits per heavy atom. The van der Waals surface area contributed by atoms with E-state index in [1.165, 1.54) is 0 Å². The van der Waals surface area contributed by atoms with Crippen LogP contribution in [0.15, 0.2) is 40.9 Å². The number of carbonyl (C=O) groups excluding carboxylic acids is 2. The molecule has 2 amide bonds. The summed E-state index contributed by atoms with van der Waals surface area (Å²) in [6, 6.07) is 10.8. The number of nitrogens with zero attached hydrogens (tertiary/aromatic N) is 2. The second-order valence-corrected chi connectivity index (χ2v) is 7.39. The molecule has 1 N–H and O–H groups in total. The molecule has 3 rings (SSSR count). The molecule has 0 radical (unpaired) electrons. The van der Waals surface area contributed by atoms with Crippen LogP contribution in [0, 0.1) is 6.92 Å². The van der Waals surface area contributed by atoms with Gasteiger partial charge in [0.2, 0.25) is 5.91 Å². The van der Waals surface area contributed by atoms with Gasteiger partial charge in [0.25, 0.3) is 5.91 Å². The summed E-state index contributed by atoms with van der Waals surface area (Å²) in [4.78, 5) is 31.3. The number of aryl methyl sites for hydroxylation is 1. The number of hydrogen-bond donors (Lipinski definition) is 1. The Morgan fingerprint density at radius 3 is 2.63 bits per heavy atom. The van der Waals surface area contributed by atoms with Crippen LogP contribution in [0.2, 0.25) is 0 Å². The van der Waals surface area contributed by atoms with Gasteiger partial charge in [-0.05, 0) is 38.1 Å². The summed E-state index contributed by atoms with van der Waals surface area (Å²) in [5, 5.41) is 2.78. The molecule has 1 aliphatic heterocycles. The van der Waals surface area contributed by atoms with Crippen LogP contribution in [0.1, 0.15) is 23.0 Å². The SMILES string of the molecule is Cc1nc(-c2cccc(Br)c2)ccc1C(=O)N[C@@H](C)C(=O)N1CCOCC1. The van der Waals surface area contributed by atoms with Gasteiger partial charge >= 0.3 is 0 Å². The minimum Gasteiger partial charge on any atom is -0.378 e. The van der Waals surface area contributed by atoms with E-state index in [9.17, 15) is 9.59 Å². The van der Waals surface area contributed by atoms with Crippen LogP contribution in [0.3, 0.4) is 0 Å². The first-order chi connectivity index (χ1) is 13.0. The zero-order chi connectivity index (χ0) is 19.4. The van der Waals surface area contributed by atoms with Crippen LogP contribution < -0.4 is 5.32 Å². The van der Waals surface area contributed by atoms with E-state index in [0.717, 1.165) is 15.7 Å². The van der Waals surface area contributed by atoms with E-state index in [2.05, 4.69) is 26.2 Å². The van der Waals surface area contributed by atoms with E-state index in [0.29, 0.717) is 37.6 Å². The van der Waals surface area contributed by atoms with Gasteiger partial charge in [0.1, 0.15) is 6.04 Å². The molecule has 27 heavy (non-hydrogen) atoms. The van der Waals surface area contributed by atoms with Crippen molar-refractivity contribution in [3.05, 3.63) is 52.1 Å². The molecule has 0 bridgehead atoms. The smallest absolute Gasteiger partial charge is 0.253 e. The van der Waals surface area contributed by atoms with Crippen LogP contribution in [-0.2, 0) is 9.53 Å². The Labute approximate surface area is 167 Å². The summed E-state index contributed by atoms with van der Waals surface area (Å²) < 4.78 is 6.23. The van der Waals surface area contributed by atoms with Gasteiger partial charge < -0.3 is 15.0 Å². The number of ether oxygens (including phenoxy) is 1. The van der Waals surface area contributed by atoms with Gasteiger partial charge in [-0.15, -0.1) is 0 Å². The van der Waals surface area contributed by atoms with E-state index in [1.807, 2.05) is 30.3 Å². The van der Waals surface area contributed by atoms with Gasteiger partial charge in [-0.1, -0.05) is 28.1 Å². The van der Waals surface area contributed by atoms with E-state index >= 15 is 0 Å². The monoisotopic (exact) mass is 431 g/mol. The van der Waals surface area contributed by atoms with Crippen molar-refractivity contribution >= 4 is 27.7 Å². The first-order valence-corrected chi connectivity index (χ1v) is 9.66. The van der Waals surface area contributed by atoms with Crippen LogP contribution in [0.25, 0.3) is 11.3 Å². The number of nitrogens with one attached hydrogen (secondary N) is 1. The summed E-state index contributed by atoms with van der Waals surface area (Å²) in [6.07, 6.45) is 0. The lowest BCUT2D eigenvalue weighted by Crippen LogP contribution is -2.50. The van der Waals surface area contributed by atoms with Crippen LogP contribution in [-0.4, -0.2) is 54.0 Å². The highest BCUT2D eigenvalue weighted by atomic mass is 79.9. The zero-order valence-electron chi connectivity index (χ0n) is 15.4. The molecule has 1 atom stereocenters. The first-order valence-electron chi connectivity index (χ1n) is 8.86. The lowest BCUT2D eigenvalue weighted by Gasteiger charge is -2.29. The molecule has 1 aliphatic rings. The number of hydrogen-bond acceptors (Lipinski definition) is 4. The Morgan fingerprint density at radius 2 is 1.96 bits per heavy atom. The van der Waals surface area contributed by atoms with Gasteiger partial charge in [-0.2, -0.15) is 0 Å². The van der Waals surface area contributed by atoms with E-state index in [4.69, 9.17) is 4.74 Å². The number of halogens is 1. The molecule has 2 aromatic rings. The molecule has 0 saturated carbocycles. The van der Waals surface area contributed by atoms with Crippen LogP contribution in [0.5, 0.6) is 0 Å². The van der Waals surface area contributed by atoms with Gasteiger partial charge in [0, 0.05) is 23.1 Å². The van der Waals surface area contributed by atoms with Crippen molar-refractivity contribution in [3.63, 3.8) is 0 Å². The average Bonchev–Trinajstić information content (AvgIpc) is 2.67.